The normalized spacial score (nSPS) is 22.1. The van der Waals surface area contributed by atoms with Crippen molar-refractivity contribution in [3.05, 3.63) is 41.1 Å². The molecule has 0 bridgehead atoms. The Balaban J connectivity index is 1.63. The average Bonchev–Trinajstić information content (AvgIpc) is 3.35. The summed E-state index contributed by atoms with van der Waals surface area (Å²) in [5, 5.41) is 9.91. The van der Waals surface area contributed by atoms with Gasteiger partial charge in [0.1, 0.15) is 5.82 Å². The first kappa shape index (κ1) is 17.9. The van der Waals surface area contributed by atoms with Crippen molar-refractivity contribution in [2.45, 2.75) is 51.4 Å². The Morgan fingerprint density at radius 1 is 1.26 bits per heavy atom. The highest BCUT2D eigenvalue weighted by atomic mass is 19.4. The lowest BCUT2D eigenvalue weighted by Gasteiger charge is -2.33. The number of benzene rings is 1. The van der Waals surface area contributed by atoms with Crippen LogP contribution in [0.2, 0.25) is 0 Å². The van der Waals surface area contributed by atoms with E-state index in [1.54, 1.807) is 0 Å². The molecular weight excluding hydrogens is 357 g/mol. The molecule has 2 aromatic rings. The third kappa shape index (κ3) is 3.40. The van der Waals surface area contributed by atoms with Crippen LogP contribution in [-0.2, 0) is 0 Å². The zero-order valence-electron chi connectivity index (χ0n) is 15.1. The highest BCUT2D eigenvalue weighted by Gasteiger charge is 2.49. The topological polar surface area (TPSA) is 59.0 Å². The van der Waals surface area contributed by atoms with Gasteiger partial charge in [-0.2, -0.15) is 18.3 Å². The van der Waals surface area contributed by atoms with E-state index in [2.05, 4.69) is 15.7 Å². The zero-order chi connectivity index (χ0) is 19.3. The summed E-state index contributed by atoms with van der Waals surface area (Å²) < 4.78 is 41.6. The number of carbonyl (C=O) groups is 1. The standard InChI is InChI=1S/C19H21F3N4O/c1-10-4-3-5-11(2)17(10)24-18(27)14-9-16-23-13(12-6-7-12)8-15(19(20,21)22)26(16)25-14/h3-5,9,12-13,15,23H,6-8H2,1-2H3,(H,24,27). The molecule has 4 rings (SSSR count). The third-order valence-electron chi connectivity index (χ3n) is 5.36. The van der Waals surface area contributed by atoms with E-state index in [0.29, 0.717) is 5.69 Å². The minimum atomic E-state index is -4.41. The van der Waals surface area contributed by atoms with Gasteiger partial charge in [-0.3, -0.25) is 4.79 Å². The number of amides is 1. The lowest BCUT2D eigenvalue weighted by molar-refractivity contribution is -0.174. The van der Waals surface area contributed by atoms with Crippen molar-refractivity contribution >= 4 is 17.4 Å². The van der Waals surface area contributed by atoms with Crippen LogP contribution in [-0.4, -0.2) is 27.9 Å². The monoisotopic (exact) mass is 378 g/mol. The molecule has 144 valence electrons. The summed E-state index contributed by atoms with van der Waals surface area (Å²) in [6, 6.07) is 5.09. The Hall–Kier alpha value is -2.51. The van der Waals surface area contributed by atoms with E-state index < -0.39 is 18.1 Å². The van der Waals surface area contributed by atoms with Crippen LogP contribution in [0.5, 0.6) is 0 Å². The first-order valence-corrected chi connectivity index (χ1v) is 9.04. The van der Waals surface area contributed by atoms with Crippen molar-refractivity contribution in [1.29, 1.82) is 0 Å². The smallest absolute Gasteiger partial charge is 0.367 e. The maximum absolute atomic E-state index is 13.6. The van der Waals surface area contributed by atoms with Crippen LogP contribution in [0.4, 0.5) is 24.7 Å². The molecule has 1 aliphatic carbocycles. The Labute approximate surface area is 154 Å². The van der Waals surface area contributed by atoms with Gasteiger partial charge in [0.15, 0.2) is 11.7 Å². The van der Waals surface area contributed by atoms with Crippen molar-refractivity contribution < 1.29 is 18.0 Å². The van der Waals surface area contributed by atoms with Crippen molar-refractivity contribution in [2.75, 3.05) is 10.6 Å². The number of anilines is 2. The molecule has 2 N–H and O–H groups in total. The van der Waals surface area contributed by atoms with Crippen LogP contribution in [0, 0.1) is 19.8 Å². The van der Waals surface area contributed by atoms with Crippen LogP contribution < -0.4 is 10.6 Å². The van der Waals surface area contributed by atoms with Crippen molar-refractivity contribution in [1.82, 2.24) is 9.78 Å². The summed E-state index contributed by atoms with van der Waals surface area (Å²) in [5.74, 6) is 0.0116. The van der Waals surface area contributed by atoms with E-state index in [9.17, 15) is 18.0 Å². The second-order valence-corrected chi connectivity index (χ2v) is 7.46. The van der Waals surface area contributed by atoms with Crippen LogP contribution in [0.15, 0.2) is 24.3 Å². The number of fused-ring (bicyclic) bond motifs is 1. The fourth-order valence-corrected chi connectivity index (χ4v) is 3.71. The van der Waals surface area contributed by atoms with Gasteiger partial charge in [0.2, 0.25) is 0 Å². The van der Waals surface area contributed by atoms with Crippen LogP contribution >= 0.6 is 0 Å². The highest BCUT2D eigenvalue weighted by molar-refractivity contribution is 6.04. The molecule has 1 aromatic heterocycles. The molecule has 1 aliphatic heterocycles. The summed E-state index contributed by atoms with van der Waals surface area (Å²) in [5.41, 5.74) is 2.40. The van der Waals surface area contributed by atoms with Gasteiger partial charge < -0.3 is 10.6 Å². The van der Waals surface area contributed by atoms with Gasteiger partial charge in [0, 0.05) is 17.8 Å². The molecule has 0 spiro atoms. The van der Waals surface area contributed by atoms with E-state index in [4.69, 9.17) is 0 Å². The molecule has 27 heavy (non-hydrogen) atoms. The van der Waals surface area contributed by atoms with Crippen molar-refractivity contribution in [2.24, 2.45) is 5.92 Å². The predicted octanol–water partition coefficient (Wildman–Crippen LogP) is 4.45. The summed E-state index contributed by atoms with van der Waals surface area (Å²) in [6.07, 6.45) is -2.58. The average molecular weight is 378 g/mol. The second-order valence-electron chi connectivity index (χ2n) is 7.46. The molecule has 8 heteroatoms. The van der Waals surface area contributed by atoms with E-state index in [-0.39, 0.29) is 29.9 Å². The molecule has 1 saturated carbocycles. The lowest BCUT2D eigenvalue weighted by atomic mass is 10.0. The molecule has 2 heterocycles. The molecule has 2 aliphatic rings. The number of rotatable bonds is 3. The van der Waals surface area contributed by atoms with Gasteiger partial charge >= 0.3 is 6.18 Å². The summed E-state index contributed by atoms with van der Waals surface area (Å²) in [4.78, 5) is 12.6. The highest BCUT2D eigenvalue weighted by Crippen LogP contribution is 2.45. The summed E-state index contributed by atoms with van der Waals surface area (Å²) in [7, 11) is 0. The van der Waals surface area contributed by atoms with Crippen molar-refractivity contribution in [3.8, 4) is 0 Å². The van der Waals surface area contributed by atoms with Gasteiger partial charge in [0.05, 0.1) is 0 Å². The minimum absolute atomic E-state index is 0.0224. The quantitative estimate of drug-likeness (QED) is 0.830. The largest absolute Gasteiger partial charge is 0.410 e. The van der Waals surface area contributed by atoms with E-state index in [1.165, 1.54) is 6.07 Å². The Morgan fingerprint density at radius 3 is 2.52 bits per heavy atom. The van der Waals surface area contributed by atoms with Gasteiger partial charge in [-0.25, -0.2) is 4.68 Å². The van der Waals surface area contributed by atoms with Crippen molar-refractivity contribution in [3.63, 3.8) is 0 Å². The number of hydrogen-bond acceptors (Lipinski definition) is 3. The van der Waals surface area contributed by atoms with Crippen LogP contribution in [0.1, 0.15) is 46.9 Å². The Morgan fingerprint density at radius 2 is 1.93 bits per heavy atom. The molecular formula is C19H21F3N4O. The Bertz CT molecular complexity index is 865. The number of aryl methyl sites for hydroxylation is 2. The number of halogens is 3. The number of carbonyl (C=O) groups excluding carboxylic acids is 1. The Kier molecular flexibility index (Phi) is 4.16. The molecule has 1 fully saturated rings. The number of para-hydroxylation sites is 1. The number of aromatic nitrogens is 2. The van der Waals surface area contributed by atoms with E-state index in [0.717, 1.165) is 28.7 Å². The summed E-state index contributed by atoms with van der Waals surface area (Å²) >= 11 is 0. The molecule has 5 nitrogen and oxygen atoms in total. The maximum Gasteiger partial charge on any atom is 0.410 e. The van der Waals surface area contributed by atoms with E-state index >= 15 is 0 Å². The molecule has 2 atom stereocenters. The molecule has 0 radical (unpaired) electrons. The number of nitrogens with one attached hydrogen (secondary N) is 2. The first-order chi connectivity index (χ1) is 12.7. The second kappa shape index (κ2) is 6.28. The maximum atomic E-state index is 13.6. The fourth-order valence-electron chi connectivity index (χ4n) is 3.71. The van der Waals surface area contributed by atoms with Crippen LogP contribution in [0.3, 0.4) is 0 Å². The summed E-state index contributed by atoms with van der Waals surface area (Å²) in [6.45, 7) is 3.73. The predicted molar refractivity (Wildman–Crippen MR) is 95.9 cm³/mol. The van der Waals surface area contributed by atoms with E-state index in [1.807, 2.05) is 32.0 Å². The van der Waals surface area contributed by atoms with Gasteiger partial charge in [-0.1, -0.05) is 18.2 Å². The fraction of sp³-hybridized carbons (Fsp3) is 0.474. The molecule has 2 unspecified atom stereocenters. The molecule has 0 saturated heterocycles. The lowest BCUT2D eigenvalue weighted by Crippen LogP contribution is -2.40. The number of nitrogens with zero attached hydrogens (tertiary/aromatic N) is 2. The zero-order valence-corrected chi connectivity index (χ0v) is 15.1. The SMILES string of the molecule is Cc1cccc(C)c1NC(=O)c1cc2n(n1)C(C(F)(F)F)CC(C1CC1)N2. The van der Waals surface area contributed by atoms with Gasteiger partial charge in [-0.05, 0) is 50.2 Å². The number of hydrogen-bond donors (Lipinski definition) is 2. The minimum Gasteiger partial charge on any atom is -0.367 e. The number of alkyl halides is 3. The van der Waals surface area contributed by atoms with Gasteiger partial charge in [-0.15, -0.1) is 0 Å². The molecule has 1 amide bonds. The first-order valence-electron chi connectivity index (χ1n) is 9.04. The third-order valence-corrected chi connectivity index (χ3v) is 5.36. The van der Waals surface area contributed by atoms with Gasteiger partial charge in [0.25, 0.3) is 5.91 Å². The molecule has 1 aromatic carbocycles. The van der Waals surface area contributed by atoms with Crippen LogP contribution in [0.25, 0.3) is 0 Å².